The molecule has 0 bridgehead atoms. The van der Waals surface area contributed by atoms with E-state index in [2.05, 4.69) is 9.72 Å². The Hall–Kier alpha value is -4.06. The summed E-state index contributed by atoms with van der Waals surface area (Å²) >= 11 is 5.98. The highest BCUT2D eigenvalue weighted by atomic mass is 35.5. The molecule has 0 aliphatic heterocycles. The van der Waals surface area contributed by atoms with Gasteiger partial charge < -0.3 is 14.9 Å². The van der Waals surface area contributed by atoms with Crippen molar-refractivity contribution in [3.05, 3.63) is 80.0 Å². The fraction of sp³-hybridized carbons (Fsp3) is 0.217. The Morgan fingerprint density at radius 3 is 2.44 bits per heavy atom. The van der Waals surface area contributed by atoms with Gasteiger partial charge in [-0.3, -0.25) is 18.5 Å². The van der Waals surface area contributed by atoms with Crippen molar-refractivity contribution in [1.82, 2.24) is 18.7 Å². The first-order valence-corrected chi connectivity index (χ1v) is 10.9. The van der Waals surface area contributed by atoms with Crippen molar-refractivity contribution in [3.63, 3.8) is 0 Å². The number of fused-ring (bicyclic) bond motifs is 1. The lowest BCUT2D eigenvalue weighted by Gasteiger charge is -2.12. The Morgan fingerprint density at radius 2 is 1.78 bits per heavy atom. The second-order valence-corrected chi connectivity index (χ2v) is 8.13. The summed E-state index contributed by atoms with van der Waals surface area (Å²) in [7, 11) is 1.44. The fourth-order valence-electron chi connectivity index (χ4n) is 3.58. The molecule has 13 heteroatoms. The van der Waals surface area contributed by atoms with E-state index in [4.69, 9.17) is 21.7 Å². The molecule has 0 saturated heterocycles. The number of aryl methyl sites for hydroxylation is 1. The van der Waals surface area contributed by atoms with Crippen LogP contribution in [0.25, 0.3) is 11.2 Å². The predicted molar refractivity (Wildman–Crippen MR) is 126 cm³/mol. The number of hydrogen-bond acceptors (Lipinski definition) is 6. The highest BCUT2D eigenvalue weighted by Crippen LogP contribution is 2.30. The molecule has 0 radical (unpaired) electrons. The van der Waals surface area contributed by atoms with Gasteiger partial charge in [-0.1, -0.05) is 29.8 Å². The number of ether oxygens (including phenoxy) is 2. The Kier molecular flexibility index (Phi) is 6.88. The van der Waals surface area contributed by atoms with E-state index in [1.54, 1.807) is 24.3 Å². The van der Waals surface area contributed by atoms with Crippen molar-refractivity contribution in [2.24, 2.45) is 7.05 Å². The zero-order chi connectivity index (χ0) is 26.0. The summed E-state index contributed by atoms with van der Waals surface area (Å²) in [5, 5.41) is 7.74. The van der Waals surface area contributed by atoms with Crippen LogP contribution in [0, 0.1) is 5.41 Å². The number of nitrogens with zero attached hydrogens (tertiary/aromatic N) is 4. The number of benzene rings is 2. The van der Waals surface area contributed by atoms with Crippen LogP contribution < -0.4 is 20.7 Å². The molecule has 2 aromatic carbocycles. The van der Waals surface area contributed by atoms with Gasteiger partial charge in [0, 0.05) is 31.1 Å². The van der Waals surface area contributed by atoms with E-state index < -0.39 is 23.4 Å². The van der Waals surface area contributed by atoms with E-state index in [1.807, 2.05) is 0 Å². The fourth-order valence-corrected chi connectivity index (χ4v) is 3.71. The van der Waals surface area contributed by atoms with Crippen LogP contribution in [-0.2, 0) is 20.1 Å². The lowest BCUT2D eigenvalue weighted by Crippen LogP contribution is -2.39. The third-order valence-corrected chi connectivity index (χ3v) is 5.45. The third kappa shape index (κ3) is 5.28. The van der Waals surface area contributed by atoms with Crippen LogP contribution in [0.5, 0.6) is 17.5 Å². The van der Waals surface area contributed by atoms with Crippen LogP contribution in [-0.4, -0.2) is 31.3 Å². The average molecular weight is 522 g/mol. The normalized spacial score (nSPS) is 11.6. The summed E-state index contributed by atoms with van der Waals surface area (Å²) in [6.45, 7) is 0.0733. The maximum Gasteiger partial charge on any atom is 0.573 e. The average Bonchev–Trinajstić information content (AvgIpc) is 3.16. The second-order valence-electron chi connectivity index (χ2n) is 7.70. The molecule has 4 rings (SSSR count). The van der Waals surface area contributed by atoms with Crippen LogP contribution in [0.2, 0.25) is 5.02 Å². The smallest absolute Gasteiger partial charge is 0.425 e. The number of rotatable bonds is 8. The van der Waals surface area contributed by atoms with Gasteiger partial charge in [0.15, 0.2) is 11.2 Å². The van der Waals surface area contributed by atoms with Crippen molar-refractivity contribution in [2.45, 2.75) is 25.9 Å². The zero-order valence-electron chi connectivity index (χ0n) is 18.8. The number of hydrogen-bond donors (Lipinski definition) is 1. The maximum atomic E-state index is 13.3. The Bertz CT molecular complexity index is 1540. The molecular weight excluding hydrogens is 503 g/mol. The van der Waals surface area contributed by atoms with Gasteiger partial charge >= 0.3 is 18.1 Å². The number of aromatic nitrogens is 4. The topological polar surface area (TPSA) is 104 Å². The summed E-state index contributed by atoms with van der Waals surface area (Å²) < 4.78 is 51.3. The summed E-state index contributed by atoms with van der Waals surface area (Å²) in [6.07, 6.45) is -3.63. The summed E-state index contributed by atoms with van der Waals surface area (Å²) in [4.78, 5) is 30.5. The van der Waals surface area contributed by atoms with E-state index in [-0.39, 0.29) is 42.4 Å². The molecule has 36 heavy (non-hydrogen) atoms. The number of nitrogens with one attached hydrogen (secondary N) is 1. The molecule has 0 aliphatic rings. The minimum Gasteiger partial charge on any atom is -0.425 e. The molecule has 9 nitrogen and oxygen atoms in total. The second kappa shape index (κ2) is 9.90. The van der Waals surface area contributed by atoms with Crippen molar-refractivity contribution >= 4 is 29.0 Å². The minimum atomic E-state index is -4.89. The van der Waals surface area contributed by atoms with Crippen molar-refractivity contribution in [3.8, 4) is 17.5 Å². The molecule has 2 aromatic heterocycles. The Morgan fingerprint density at radius 1 is 1.08 bits per heavy atom. The van der Waals surface area contributed by atoms with Gasteiger partial charge in [-0.05, 0) is 36.0 Å². The van der Waals surface area contributed by atoms with Crippen LogP contribution in [0.3, 0.4) is 0 Å². The van der Waals surface area contributed by atoms with Crippen LogP contribution in [0.15, 0.2) is 58.1 Å². The van der Waals surface area contributed by atoms with E-state index >= 15 is 0 Å². The minimum absolute atomic E-state index is 0.00983. The lowest BCUT2D eigenvalue weighted by atomic mass is 10.2. The highest BCUT2D eigenvalue weighted by Gasteiger charge is 2.31. The lowest BCUT2D eigenvalue weighted by molar-refractivity contribution is -0.274. The molecule has 0 aliphatic carbocycles. The van der Waals surface area contributed by atoms with E-state index in [9.17, 15) is 22.8 Å². The predicted octanol–water partition coefficient (Wildman–Crippen LogP) is 4.33. The van der Waals surface area contributed by atoms with Crippen LogP contribution in [0.1, 0.15) is 12.0 Å². The monoisotopic (exact) mass is 521 g/mol. The van der Waals surface area contributed by atoms with E-state index in [1.165, 1.54) is 28.3 Å². The van der Waals surface area contributed by atoms with Gasteiger partial charge in [0.25, 0.3) is 5.56 Å². The van der Waals surface area contributed by atoms with E-state index in [0.29, 0.717) is 5.02 Å². The van der Waals surface area contributed by atoms with Crippen molar-refractivity contribution < 1.29 is 22.6 Å². The largest absolute Gasteiger partial charge is 0.573 e. The first-order valence-electron chi connectivity index (χ1n) is 10.5. The SMILES string of the molecule is Cn1c(=O)n(CCC=N)c(=O)c2c1nc(Oc1cccc(OC(F)(F)F)c1)n2Cc1ccc(Cl)cc1. The molecule has 0 unspecified atom stereocenters. The van der Waals surface area contributed by atoms with Gasteiger partial charge in [-0.2, -0.15) is 4.98 Å². The van der Waals surface area contributed by atoms with Crippen LogP contribution in [0.4, 0.5) is 13.2 Å². The van der Waals surface area contributed by atoms with Crippen LogP contribution >= 0.6 is 11.6 Å². The van der Waals surface area contributed by atoms with Gasteiger partial charge in [0.1, 0.15) is 11.5 Å². The van der Waals surface area contributed by atoms with Gasteiger partial charge in [-0.15, -0.1) is 13.2 Å². The molecule has 1 N–H and O–H groups in total. The molecule has 188 valence electrons. The first-order chi connectivity index (χ1) is 17.1. The molecule has 0 amide bonds. The maximum absolute atomic E-state index is 13.3. The summed E-state index contributed by atoms with van der Waals surface area (Å²) in [5.41, 5.74) is -0.465. The molecule has 2 heterocycles. The van der Waals surface area contributed by atoms with Gasteiger partial charge in [0.05, 0.1) is 6.54 Å². The summed E-state index contributed by atoms with van der Waals surface area (Å²) in [6, 6.07) is 11.5. The molecule has 0 spiro atoms. The number of halogens is 4. The van der Waals surface area contributed by atoms with E-state index in [0.717, 1.165) is 28.5 Å². The first kappa shape index (κ1) is 25.0. The van der Waals surface area contributed by atoms with Crippen molar-refractivity contribution in [1.29, 1.82) is 5.41 Å². The zero-order valence-corrected chi connectivity index (χ0v) is 19.5. The Labute approximate surface area is 206 Å². The highest BCUT2D eigenvalue weighted by molar-refractivity contribution is 6.30. The van der Waals surface area contributed by atoms with Gasteiger partial charge in [-0.25, -0.2) is 4.79 Å². The number of imidazole rings is 1. The van der Waals surface area contributed by atoms with Gasteiger partial charge in [0.2, 0.25) is 0 Å². The van der Waals surface area contributed by atoms with Crippen molar-refractivity contribution in [2.75, 3.05) is 0 Å². The molecule has 4 aromatic rings. The standard InChI is InChI=1S/C23H19ClF3N5O4/c1-30-19-18(20(33)31(22(30)34)11-3-10-28)32(13-14-6-8-15(24)9-7-14)21(29-19)35-16-4-2-5-17(12-16)36-23(25,26)27/h2,4-10,12,28H,3,11,13H2,1H3. The quantitative estimate of drug-likeness (QED) is 0.348. The summed E-state index contributed by atoms with van der Waals surface area (Å²) in [5.74, 6) is -0.527. The number of alkyl halides is 3. The Balaban J connectivity index is 1.88. The molecule has 0 fully saturated rings. The third-order valence-electron chi connectivity index (χ3n) is 5.20. The molecular formula is C23H19ClF3N5O4. The molecule has 0 atom stereocenters. The molecule has 0 saturated carbocycles.